The van der Waals surface area contributed by atoms with Crippen LogP contribution in [0.5, 0.6) is 0 Å². The summed E-state index contributed by atoms with van der Waals surface area (Å²) in [5.41, 5.74) is 0. The van der Waals surface area contributed by atoms with Gasteiger partial charge in [-0.3, -0.25) is 14.5 Å². The van der Waals surface area contributed by atoms with Crippen LogP contribution in [0, 0.1) is 5.92 Å². The monoisotopic (exact) mass is 321 g/mol. The normalized spacial score (nSPS) is 19.7. The highest BCUT2D eigenvalue weighted by Crippen LogP contribution is 2.15. The number of carbonyl (C=O) groups excluding carboxylic acids is 2. The Labute approximate surface area is 137 Å². The highest BCUT2D eigenvalue weighted by molar-refractivity contribution is 5.95. The van der Waals surface area contributed by atoms with E-state index >= 15 is 0 Å². The fourth-order valence-electron chi connectivity index (χ4n) is 3.03. The number of hydrogen-bond donors (Lipinski definition) is 2. The molecule has 6 nitrogen and oxygen atoms in total. The number of nitrogens with one attached hydrogen (secondary N) is 2. The maximum atomic E-state index is 12.5. The average Bonchev–Trinajstić information content (AvgIpc) is 3.20. The Balaban J connectivity index is 1.89. The lowest BCUT2D eigenvalue weighted by molar-refractivity contribution is -0.124. The maximum absolute atomic E-state index is 12.5. The molecule has 2 rings (SSSR count). The van der Waals surface area contributed by atoms with Crippen LogP contribution >= 0.6 is 0 Å². The number of nitrogens with zero attached hydrogens (tertiary/aromatic N) is 1. The van der Waals surface area contributed by atoms with E-state index in [-0.39, 0.29) is 23.5 Å². The quantitative estimate of drug-likeness (QED) is 0.800. The van der Waals surface area contributed by atoms with E-state index in [4.69, 9.17) is 4.42 Å². The van der Waals surface area contributed by atoms with Crippen LogP contribution in [0.4, 0.5) is 0 Å². The molecule has 0 radical (unpaired) electrons. The second-order valence-electron chi connectivity index (χ2n) is 6.34. The Hall–Kier alpha value is -1.82. The molecule has 2 atom stereocenters. The van der Waals surface area contributed by atoms with E-state index in [0.29, 0.717) is 12.6 Å². The number of likely N-dealkylation sites (tertiary alicyclic amines) is 1. The van der Waals surface area contributed by atoms with E-state index in [9.17, 15) is 9.59 Å². The molecule has 0 aromatic carbocycles. The first kappa shape index (κ1) is 17.5. The summed E-state index contributed by atoms with van der Waals surface area (Å²) < 4.78 is 5.08. The van der Waals surface area contributed by atoms with E-state index in [1.807, 2.05) is 13.8 Å². The SMILES string of the molecule is CCN1CCCC1CNC(=O)C(NC(=O)c1ccco1)C(C)C. The van der Waals surface area contributed by atoms with E-state index in [0.717, 1.165) is 19.5 Å². The van der Waals surface area contributed by atoms with Crippen molar-refractivity contribution in [1.29, 1.82) is 0 Å². The first-order chi connectivity index (χ1) is 11.0. The molecule has 6 heteroatoms. The van der Waals surface area contributed by atoms with E-state index in [1.54, 1.807) is 12.1 Å². The van der Waals surface area contributed by atoms with Crippen molar-refractivity contribution in [2.24, 2.45) is 5.92 Å². The smallest absolute Gasteiger partial charge is 0.287 e. The Morgan fingerprint density at radius 2 is 2.22 bits per heavy atom. The molecule has 1 aromatic heterocycles. The highest BCUT2D eigenvalue weighted by atomic mass is 16.3. The summed E-state index contributed by atoms with van der Waals surface area (Å²) in [5, 5.41) is 5.76. The van der Waals surface area contributed by atoms with Crippen molar-refractivity contribution in [3.05, 3.63) is 24.2 Å². The van der Waals surface area contributed by atoms with Gasteiger partial charge in [-0.1, -0.05) is 20.8 Å². The summed E-state index contributed by atoms with van der Waals surface area (Å²) in [7, 11) is 0. The second-order valence-corrected chi connectivity index (χ2v) is 6.34. The highest BCUT2D eigenvalue weighted by Gasteiger charge is 2.28. The summed E-state index contributed by atoms with van der Waals surface area (Å²) in [6.07, 6.45) is 3.73. The predicted molar refractivity (Wildman–Crippen MR) is 88.1 cm³/mol. The van der Waals surface area contributed by atoms with Gasteiger partial charge in [-0.2, -0.15) is 0 Å². The fraction of sp³-hybridized carbons (Fsp3) is 0.647. The van der Waals surface area contributed by atoms with Crippen molar-refractivity contribution in [3.63, 3.8) is 0 Å². The number of carbonyl (C=O) groups is 2. The molecule has 1 aliphatic heterocycles. The van der Waals surface area contributed by atoms with Crippen LogP contribution in [0.3, 0.4) is 0 Å². The van der Waals surface area contributed by atoms with E-state index < -0.39 is 6.04 Å². The van der Waals surface area contributed by atoms with Crippen molar-refractivity contribution < 1.29 is 14.0 Å². The van der Waals surface area contributed by atoms with Crippen molar-refractivity contribution in [2.45, 2.75) is 45.7 Å². The molecule has 0 aliphatic carbocycles. The third kappa shape index (κ3) is 4.58. The third-order valence-corrected chi connectivity index (χ3v) is 4.40. The minimum Gasteiger partial charge on any atom is -0.459 e. The number of likely N-dealkylation sites (N-methyl/N-ethyl adjacent to an activating group) is 1. The van der Waals surface area contributed by atoms with Crippen LogP contribution in [-0.4, -0.2) is 48.4 Å². The van der Waals surface area contributed by atoms with Gasteiger partial charge in [0.15, 0.2) is 5.76 Å². The summed E-state index contributed by atoms with van der Waals surface area (Å²) in [6.45, 7) is 8.71. The summed E-state index contributed by atoms with van der Waals surface area (Å²) in [4.78, 5) is 26.9. The summed E-state index contributed by atoms with van der Waals surface area (Å²) in [5.74, 6) is -0.279. The average molecular weight is 321 g/mol. The molecule has 1 aromatic rings. The van der Waals surface area contributed by atoms with Gasteiger partial charge >= 0.3 is 0 Å². The minimum absolute atomic E-state index is 0.000214. The molecule has 2 N–H and O–H groups in total. The standard InChI is InChI=1S/C17H27N3O3/c1-4-20-9-5-7-13(20)11-18-17(22)15(12(2)3)19-16(21)14-8-6-10-23-14/h6,8,10,12-13,15H,4-5,7,9,11H2,1-3H3,(H,18,22)(H,19,21). The molecular formula is C17H27N3O3. The van der Waals surface area contributed by atoms with Crippen molar-refractivity contribution in [2.75, 3.05) is 19.6 Å². The number of hydrogen-bond acceptors (Lipinski definition) is 4. The zero-order valence-corrected chi connectivity index (χ0v) is 14.2. The molecule has 0 bridgehead atoms. The molecule has 128 valence electrons. The Bertz CT molecular complexity index is 513. The first-order valence-corrected chi connectivity index (χ1v) is 8.39. The Morgan fingerprint density at radius 1 is 1.43 bits per heavy atom. The lowest BCUT2D eigenvalue weighted by Crippen LogP contribution is -2.51. The van der Waals surface area contributed by atoms with Gasteiger partial charge in [-0.05, 0) is 44.0 Å². The van der Waals surface area contributed by atoms with E-state index in [2.05, 4.69) is 22.5 Å². The van der Waals surface area contributed by atoms with Gasteiger partial charge in [-0.15, -0.1) is 0 Å². The fourth-order valence-corrected chi connectivity index (χ4v) is 3.03. The second kappa shape index (κ2) is 8.15. The first-order valence-electron chi connectivity index (χ1n) is 8.39. The van der Waals surface area contributed by atoms with E-state index in [1.165, 1.54) is 12.7 Å². The maximum Gasteiger partial charge on any atom is 0.287 e. The largest absolute Gasteiger partial charge is 0.459 e. The van der Waals surface area contributed by atoms with Gasteiger partial charge in [0.05, 0.1) is 6.26 Å². The number of furan rings is 1. The molecule has 0 saturated carbocycles. The Kier molecular flexibility index (Phi) is 6.21. The van der Waals surface area contributed by atoms with Crippen LogP contribution in [0.25, 0.3) is 0 Å². The molecule has 2 amide bonds. The molecule has 0 spiro atoms. The topological polar surface area (TPSA) is 74.6 Å². The van der Waals surface area contributed by atoms with Crippen LogP contribution in [-0.2, 0) is 4.79 Å². The molecule has 2 unspecified atom stereocenters. The molecule has 2 heterocycles. The Morgan fingerprint density at radius 3 is 2.83 bits per heavy atom. The predicted octanol–water partition coefficient (Wildman–Crippen LogP) is 1.63. The zero-order valence-electron chi connectivity index (χ0n) is 14.2. The summed E-state index contributed by atoms with van der Waals surface area (Å²) in [6, 6.07) is 3.07. The van der Waals surface area contributed by atoms with Crippen LogP contribution < -0.4 is 10.6 Å². The van der Waals surface area contributed by atoms with Crippen LogP contribution in [0.15, 0.2) is 22.8 Å². The lowest BCUT2D eigenvalue weighted by Gasteiger charge is -2.25. The zero-order chi connectivity index (χ0) is 16.8. The lowest BCUT2D eigenvalue weighted by atomic mass is 10.0. The van der Waals surface area contributed by atoms with Gasteiger partial charge in [-0.25, -0.2) is 0 Å². The van der Waals surface area contributed by atoms with Crippen LogP contribution in [0.2, 0.25) is 0 Å². The molecule has 1 saturated heterocycles. The van der Waals surface area contributed by atoms with Gasteiger partial charge in [0.2, 0.25) is 5.91 Å². The number of amides is 2. The van der Waals surface area contributed by atoms with Gasteiger partial charge in [0, 0.05) is 12.6 Å². The van der Waals surface area contributed by atoms with Gasteiger partial charge in [0.1, 0.15) is 6.04 Å². The molecule has 1 aliphatic rings. The van der Waals surface area contributed by atoms with Crippen molar-refractivity contribution in [3.8, 4) is 0 Å². The van der Waals surface area contributed by atoms with Crippen molar-refractivity contribution in [1.82, 2.24) is 15.5 Å². The molecule has 1 fully saturated rings. The van der Waals surface area contributed by atoms with Gasteiger partial charge in [0.25, 0.3) is 5.91 Å². The minimum atomic E-state index is -0.566. The molecule has 23 heavy (non-hydrogen) atoms. The summed E-state index contributed by atoms with van der Waals surface area (Å²) >= 11 is 0. The van der Waals surface area contributed by atoms with Gasteiger partial charge < -0.3 is 15.1 Å². The molecular weight excluding hydrogens is 294 g/mol. The third-order valence-electron chi connectivity index (χ3n) is 4.40. The number of rotatable bonds is 7. The van der Waals surface area contributed by atoms with Crippen molar-refractivity contribution >= 4 is 11.8 Å². The van der Waals surface area contributed by atoms with Crippen LogP contribution in [0.1, 0.15) is 44.2 Å².